The number of pyridine rings is 1. The van der Waals surface area contributed by atoms with E-state index in [1.807, 2.05) is 9.80 Å². The number of ether oxygens (including phenoxy) is 2. The maximum atomic E-state index is 16.7. The fraction of sp³-hybridized carbons (Fsp3) is 0.567. The van der Waals surface area contributed by atoms with Crippen LogP contribution in [-0.4, -0.2) is 82.5 Å². The SMILES string of the molecule is Cc1cc(N)nc(-c2c(F)c3c4c(nc(OCC56CCCN5CC(F)C6)nc4c2F)N2CC4CCC(N4)C2CO3)c1C(F)(F)F. The maximum Gasteiger partial charge on any atom is 0.418 e. The van der Waals surface area contributed by atoms with E-state index < -0.39 is 57.6 Å². The molecule has 5 atom stereocenters. The Hall–Kier alpha value is -3.59. The van der Waals surface area contributed by atoms with Crippen LogP contribution in [0.15, 0.2) is 6.07 Å². The molecule has 3 aromatic rings. The third-order valence-corrected chi connectivity index (χ3v) is 10.2. The smallest absolute Gasteiger partial charge is 0.418 e. The standard InChI is InChI=1S/C30H31F6N7O2/c1-13-7-18(37)39-24(21(13)30(34,35)36)19-22(32)25-20-26(23(19)33)44-11-17-16-4-3-15(38-16)10-43(17)27(20)41-28(40-25)45-12-29-5-2-6-42(29)9-14(31)8-29/h7,14-17,38H,2-6,8-12H2,1H3,(H2,37,39). The van der Waals surface area contributed by atoms with Gasteiger partial charge in [-0.05, 0) is 50.8 Å². The van der Waals surface area contributed by atoms with Gasteiger partial charge in [0.2, 0.25) is 0 Å². The number of benzene rings is 1. The molecule has 5 aliphatic rings. The minimum atomic E-state index is -5.00. The van der Waals surface area contributed by atoms with Gasteiger partial charge < -0.3 is 25.4 Å². The number of halogens is 6. The summed E-state index contributed by atoms with van der Waals surface area (Å²) in [6, 6.07) is 0.523. The van der Waals surface area contributed by atoms with Crippen molar-refractivity contribution in [1.82, 2.24) is 25.2 Å². The van der Waals surface area contributed by atoms with E-state index in [4.69, 9.17) is 15.2 Å². The van der Waals surface area contributed by atoms with Gasteiger partial charge in [-0.2, -0.15) is 23.1 Å². The van der Waals surface area contributed by atoms with Crippen molar-refractivity contribution in [3.63, 3.8) is 0 Å². The molecule has 0 saturated carbocycles. The lowest BCUT2D eigenvalue weighted by Crippen LogP contribution is -2.60. The number of nitrogens with two attached hydrogens (primary N) is 1. The predicted molar refractivity (Wildman–Crippen MR) is 152 cm³/mol. The Bertz CT molecular complexity index is 1720. The topological polar surface area (TPSA) is 102 Å². The Labute approximate surface area is 254 Å². The van der Waals surface area contributed by atoms with Crippen molar-refractivity contribution in [2.45, 2.75) is 75.0 Å². The zero-order valence-electron chi connectivity index (χ0n) is 24.4. The van der Waals surface area contributed by atoms with Crippen LogP contribution in [0.1, 0.15) is 43.2 Å². The highest BCUT2D eigenvalue weighted by molar-refractivity contribution is 5.99. The van der Waals surface area contributed by atoms with Crippen LogP contribution in [0.4, 0.5) is 38.0 Å². The van der Waals surface area contributed by atoms with Crippen molar-refractivity contribution in [3.8, 4) is 23.0 Å². The lowest BCUT2D eigenvalue weighted by molar-refractivity contribution is -0.137. The van der Waals surface area contributed by atoms with E-state index in [1.54, 1.807) is 0 Å². The molecule has 4 fully saturated rings. The van der Waals surface area contributed by atoms with Crippen molar-refractivity contribution in [1.29, 1.82) is 0 Å². The van der Waals surface area contributed by atoms with E-state index in [2.05, 4.69) is 20.3 Å². The van der Waals surface area contributed by atoms with Crippen molar-refractivity contribution in [2.75, 3.05) is 43.5 Å². The van der Waals surface area contributed by atoms with Gasteiger partial charge in [-0.15, -0.1) is 0 Å². The molecule has 0 radical (unpaired) electrons. The zero-order chi connectivity index (χ0) is 31.4. The van der Waals surface area contributed by atoms with Gasteiger partial charge in [0.05, 0.1) is 33.8 Å². The lowest BCUT2D eigenvalue weighted by atomic mass is 9.95. The van der Waals surface area contributed by atoms with Crippen molar-refractivity contribution in [2.24, 2.45) is 0 Å². The first-order chi connectivity index (χ1) is 21.4. The third kappa shape index (κ3) is 4.40. The van der Waals surface area contributed by atoms with Crippen LogP contribution in [-0.2, 0) is 6.18 Å². The second-order valence-corrected chi connectivity index (χ2v) is 12.9. The van der Waals surface area contributed by atoms with Gasteiger partial charge in [-0.1, -0.05) is 0 Å². The molecule has 2 aromatic heterocycles. The fourth-order valence-electron chi connectivity index (χ4n) is 8.24. The average molecular weight is 636 g/mol. The summed E-state index contributed by atoms with van der Waals surface area (Å²) in [5.74, 6) is -3.33. The Morgan fingerprint density at radius 1 is 1.16 bits per heavy atom. The van der Waals surface area contributed by atoms with Gasteiger partial charge in [0.1, 0.15) is 36.5 Å². The average Bonchev–Trinajstić information content (AvgIpc) is 3.59. The Balaban J connectivity index is 1.34. The van der Waals surface area contributed by atoms with Crippen LogP contribution < -0.4 is 25.4 Å². The second kappa shape index (κ2) is 9.95. The summed E-state index contributed by atoms with van der Waals surface area (Å²) in [6.07, 6.45) is -2.42. The highest BCUT2D eigenvalue weighted by Gasteiger charge is 2.50. The van der Waals surface area contributed by atoms with Crippen LogP contribution in [0.25, 0.3) is 22.2 Å². The lowest BCUT2D eigenvalue weighted by Gasteiger charge is -2.40. The number of nitrogens with one attached hydrogen (secondary N) is 1. The number of hydrogen-bond acceptors (Lipinski definition) is 9. The van der Waals surface area contributed by atoms with Gasteiger partial charge in [0, 0.05) is 31.6 Å². The number of aromatic nitrogens is 3. The molecule has 2 bridgehead atoms. The van der Waals surface area contributed by atoms with Crippen molar-refractivity contribution in [3.05, 3.63) is 28.8 Å². The molecule has 0 spiro atoms. The van der Waals surface area contributed by atoms with E-state index in [0.717, 1.165) is 38.8 Å². The van der Waals surface area contributed by atoms with Crippen LogP contribution in [0.5, 0.6) is 11.8 Å². The number of fused-ring (bicyclic) bond motifs is 6. The summed E-state index contributed by atoms with van der Waals surface area (Å²) >= 11 is 0. The molecule has 7 heterocycles. The molecule has 4 saturated heterocycles. The number of nitrogen functional groups attached to an aromatic ring is 1. The number of rotatable bonds is 4. The van der Waals surface area contributed by atoms with Gasteiger partial charge in [-0.3, -0.25) is 4.90 Å². The highest BCUT2D eigenvalue weighted by atomic mass is 19.4. The van der Waals surface area contributed by atoms with Crippen molar-refractivity contribution < 1.29 is 35.8 Å². The van der Waals surface area contributed by atoms with Crippen LogP contribution in [0.3, 0.4) is 0 Å². The molecule has 45 heavy (non-hydrogen) atoms. The van der Waals surface area contributed by atoms with E-state index >= 15 is 8.78 Å². The van der Waals surface area contributed by atoms with Gasteiger partial charge in [0.25, 0.3) is 0 Å². The first-order valence-corrected chi connectivity index (χ1v) is 15.2. The molecule has 5 aliphatic heterocycles. The normalized spacial score (nSPS) is 29.1. The molecule has 8 rings (SSSR count). The summed E-state index contributed by atoms with van der Waals surface area (Å²) < 4.78 is 103. The summed E-state index contributed by atoms with van der Waals surface area (Å²) in [7, 11) is 0. The number of alkyl halides is 4. The van der Waals surface area contributed by atoms with Gasteiger partial charge >= 0.3 is 12.2 Å². The first kappa shape index (κ1) is 28.9. The van der Waals surface area contributed by atoms with Crippen molar-refractivity contribution >= 4 is 22.5 Å². The molecule has 5 unspecified atom stereocenters. The van der Waals surface area contributed by atoms with E-state index in [9.17, 15) is 17.6 Å². The van der Waals surface area contributed by atoms with E-state index in [-0.39, 0.29) is 66.4 Å². The van der Waals surface area contributed by atoms with Crippen LogP contribution in [0, 0.1) is 18.6 Å². The van der Waals surface area contributed by atoms with Gasteiger partial charge in [-0.25, -0.2) is 18.2 Å². The molecular formula is C30H31F6N7O2. The Morgan fingerprint density at radius 2 is 1.98 bits per heavy atom. The highest BCUT2D eigenvalue weighted by Crippen LogP contribution is 2.49. The summed E-state index contributed by atoms with van der Waals surface area (Å²) in [5, 5.41) is 3.43. The minimum absolute atomic E-state index is 0.0270. The largest absolute Gasteiger partial charge is 0.487 e. The second-order valence-electron chi connectivity index (χ2n) is 12.9. The number of piperazine rings is 1. The van der Waals surface area contributed by atoms with Crippen LogP contribution >= 0.6 is 0 Å². The predicted octanol–water partition coefficient (Wildman–Crippen LogP) is 4.54. The Kier molecular flexibility index (Phi) is 6.38. The van der Waals surface area contributed by atoms with Gasteiger partial charge in [0.15, 0.2) is 17.4 Å². The molecule has 15 heteroatoms. The quantitative estimate of drug-likeness (QED) is 0.401. The third-order valence-electron chi connectivity index (χ3n) is 10.2. The molecule has 0 aliphatic carbocycles. The monoisotopic (exact) mass is 635 g/mol. The first-order valence-electron chi connectivity index (χ1n) is 15.2. The Morgan fingerprint density at radius 3 is 2.78 bits per heavy atom. The van der Waals surface area contributed by atoms with Crippen LogP contribution in [0.2, 0.25) is 0 Å². The molecule has 3 N–H and O–H groups in total. The molecular weight excluding hydrogens is 604 g/mol. The molecule has 1 aromatic carbocycles. The summed E-state index contributed by atoms with van der Waals surface area (Å²) in [5.41, 5.74) is 1.07. The zero-order valence-corrected chi connectivity index (χ0v) is 24.4. The van der Waals surface area contributed by atoms with E-state index in [0.29, 0.717) is 19.5 Å². The molecule has 9 nitrogen and oxygen atoms in total. The number of hydrogen-bond donors (Lipinski definition) is 2. The number of nitrogens with zero attached hydrogens (tertiary/aromatic N) is 5. The van der Waals surface area contributed by atoms with E-state index in [1.165, 1.54) is 0 Å². The summed E-state index contributed by atoms with van der Waals surface area (Å²) in [6.45, 7) is 2.66. The number of aryl methyl sites for hydroxylation is 1. The number of anilines is 2. The molecule has 240 valence electrons. The molecule has 0 amide bonds. The summed E-state index contributed by atoms with van der Waals surface area (Å²) in [4.78, 5) is 16.7. The minimum Gasteiger partial charge on any atom is -0.487 e. The fourth-order valence-corrected chi connectivity index (χ4v) is 8.24. The maximum absolute atomic E-state index is 16.7.